The minimum atomic E-state index is 0.0595. The molecule has 0 aromatic carbocycles. The van der Waals surface area contributed by atoms with E-state index in [4.69, 9.17) is 0 Å². The van der Waals surface area contributed by atoms with E-state index in [1.165, 1.54) is 0 Å². The lowest BCUT2D eigenvalue weighted by molar-refractivity contribution is -0.128. The molecule has 1 rings (SSSR count). The van der Waals surface area contributed by atoms with Crippen LogP contribution in [0.2, 0.25) is 0 Å². The van der Waals surface area contributed by atoms with Crippen LogP contribution >= 0.6 is 0 Å². The third-order valence-electron chi connectivity index (χ3n) is 2.31. The predicted octanol–water partition coefficient (Wildman–Crippen LogP) is 0.853. The molecule has 1 N–H and O–H groups in total. The Hall–Kier alpha value is -0.570. The van der Waals surface area contributed by atoms with Crippen LogP contribution in [-0.2, 0) is 4.79 Å². The van der Waals surface area contributed by atoms with Gasteiger partial charge in [0, 0.05) is 20.1 Å². The van der Waals surface area contributed by atoms with E-state index in [0.717, 1.165) is 19.5 Å². The SMILES string of the molecule is CN1CCC(NCC(C)(C)C)C1=O. The molecule has 3 heteroatoms. The standard InChI is InChI=1S/C10H20N2O/c1-10(2,3)7-11-8-5-6-12(4)9(8)13/h8,11H,5-7H2,1-4H3. The number of likely N-dealkylation sites (tertiary alicyclic amines) is 1. The molecule has 0 spiro atoms. The first kappa shape index (κ1) is 10.5. The quantitative estimate of drug-likeness (QED) is 0.690. The Morgan fingerprint density at radius 1 is 1.54 bits per heavy atom. The average molecular weight is 184 g/mol. The second-order valence-corrected chi connectivity index (χ2v) is 5.04. The monoisotopic (exact) mass is 184 g/mol. The molecular formula is C10H20N2O. The van der Waals surface area contributed by atoms with Crippen LogP contribution in [0.15, 0.2) is 0 Å². The van der Waals surface area contributed by atoms with E-state index in [-0.39, 0.29) is 17.4 Å². The second kappa shape index (κ2) is 3.66. The lowest BCUT2D eigenvalue weighted by Crippen LogP contribution is -2.40. The lowest BCUT2D eigenvalue weighted by Gasteiger charge is -2.21. The molecule has 3 nitrogen and oxygen atoms in total. The Morgan fingerprint density at radius 2 is 2.15 bits per heavy atom. The Morgan fingerprint density at radius 3 is 2.54 bits per heavy atom. The number of carbonyl (C=O) groups is 1. The smallest absolute Gasteiger partial charge is 0.239 e. The summed E-state index contributed by atoms with van der Waals surface area (Å²) in [5.74, 6) is 0.240. The van der Waals surface area contributed by atoms with E-state index in [1.54, 1.807) is 4.90 Å². The van der Waals surface area contributed by atoms with E-state index >= 15 is 0 Å². The van der Waals surface area contributed by atoms with E-state index in [9.17, 15) is 4.79 Å². The van der Waals surface area contributed by atoms with E-state index in [0.29, 0.717) is 0 Å². The summed E-state index contributed by atoms with van der Waals surface area (Å²) in [6, 6.07) is 0.0595. The topological polar surface area (TPSA) is 32.3 Å². The number of nitrogens with one attached hydrogen (secondary N) is 1. The summed E-state index contributed by atoms with van der Waals surface area (Å²) in [5, 5.41) is 3.31. The van der Waals surface area contributed by atoms with Gasteiger partial charge in [-0.2, -0.15) is 0 Å². The number of hydrogen-bond acceptors (Lipinski definition) is 2. The molecule has 1 heterocycles. The summed E-state index contributed by atoms with van der Waals surface area (Å²) in [7, 11) is 1.86. The number of nitrogens with zero attached hydrogens (tertiary/aromatic N) is 1. The Balaban J connectivity index is 2.35. The minimum Gasteiger partial charge on any atom is -0.344 e. The Labute approximate surface area is 80.5 Å². The third kappa shape index (κ3) is 2.99. The zero-order valence-electron chi connectivity index (χ0n) is 9.05. The maximum absolute atomic E-state index is 11.5. The van der Waals surface area contributed by atoms with Crippen molar-refractivity contribution in [1.29, 1.82) is 0 Å². The first-order valence-corrected chi connectivity index (χ1v) is 4.88. The second-order valence-electron chi connectivity index (χ2n) is 5.04. The maximum Gasteiger partial charge on any atom is 0.239 e. The van der Waals surface area contributed by atoms with Gasteiger partial charge in [-0.1, -0.05) is 20.8 Å². The summed E-state index contributed by atoms with van der Waals surface area (Å²) in [6.07, 6.45) is 0.950. The number of carbonyl (C=O) groups excluding carboxylic acids is 1. The molecule has 0 aromatic rings. The molecule has 0 bridgehead atoms. The summed E-state index contributed by atoms with van der Waals surface area (Å²) in [4.78, 5) is 13.3. The molecule has 1 saturated heterocycles. The van der Waals surface area contributed by atoms with Gasteiger partial charge < -0.3 is 10.2 Å². The largest absolute Gasteiger partial charge is 0.344 e. The van der Waals surface area contributed by atoms with E-state index in [2.05, 4.69) is 26.1 Å². The molecule has 1 fully saturated rings. The average Bonchev–Trinajstić information content (AvgIpc) is 2.29. The Kier molecular flexibility index (Phi) is 2.96. The summed E-state index contributed by atoms with van der Waals surface area (Å²) in [6.45, 7) is 8.30. The number of hydrogen-bond donors (Lipinski definition) is 1. The van der Waals surface area contributed by atoms with Gasteiger partial charge in [0.1, 0.15) is 0 Å². The molecule has 13 heavy (non-hydrogen) atoms. The van der Waals surface area contributed by atoms with Gasteiger partial charge in [0.05, 0.1) is 6.04 Å². The minimum absolute atomic E-state index is 0.0595. The van der Waals surface area contributed by atoms with Gasteiger partial charge in [-0.15, -0.1) is 0 Å². The normalized spacial score (nSPS) is 24.2. The number of likely N-dealkylation sites (N-methyl/N-ethyl adjacent to an activating group) is 1. The van der Waals surface area contributed by atoms with Crippen molar-refractivity contribution in [3.8, 4) is 0 Å². The molecule has 0 saturated carbocycles. The van der Waals surface area contributed by atoms with E-state index in [1.807, 2.05) is 7.05 Å². The summed E-state index contributed by atoms with van der Waals surface area (Å²) in [5.41, 5.74) is 0.251. The van der Waals surface area contributed by atoms with Crippen LogP contribution in [0.5, 0.6) is 0 Å². The van der Waals surface area contributed by atoms with Crippen LogP contribution in [0.3, 0.4) is 0 Å². The van der Waals surface area contributed by atoms with Gasteiger partial charge in [0.2, 0.25) is 5.91 Å². The van der Waals surface area contributed by atoms with Crippen molar-refractivity contribution in [2.75, 3.05) is 20.1 Å². The van der Waals surface area contributed by atoms with Crippen molar-refractivity contribution < 1.29 is 4.79 Å². The highest BCUT2D eigenvalue weighted by atomic mass is 16.2. The molecule has 1 aliphatic heterocycles. The zero-order valence-corrected chi connectivity index (χ0v) is 9.05. The molecule has 0 radical (unpaired) electrons. The van der Waals surface area contributed by atoms with Crippen molar-refractivity contribution in [1.82, 2.24) is 10.2 Å². The first-order valence-electron chi connectivity index (χ1n) is 4.88. The Bertz CT molecular complexity index is 196. The molecule has 1 unspecified atom stereocenters. The third-order valence-corrected chi connectivity index (χ3v) is 2.31. The van der Waals surface area contributed by atoms with Crippen molar-refractivity contribution >= 4 is 5.91 Å². The van der Waals surface area contributed by atoms with Crippen molar-refractivity contribution in [3.63, 3.8) is 0 Å². The van der Waals surface area contributed by atoms with Gasteiger partial charge in [-0.25, -0.2) is 0 Å². The fourth-order valence-electron chi connectivity index (χ4n) is 1.44. The van der Waals surface area contributed by atoms with Crippen molar-refractivity contribution in [3.05, 3.63) is 0 Å². The van der Waals surface area contributed by atoms with E-state index < -0.39 is 0 Å². The van der Waals surface area contributed by atoms with Crippen LogP contribution in [0.1, 0.15) is 27.2 Å². The number of amides is 1. The fraction of sp³-hybridized carbons (Fsp3) is 0.900. The zero-order chi connectivity index (χ0) is 10.1. The van der Waals surface area contributed by atoms with Crippen LogP contribution in [-0.4, -0.2) is 37.0 Å². The van der Waals surface area contributed by atoms with Gasteiger partial charge in [0.25, 0.3) is 0 Å². The van der Waals surface area contributed by atoms with Crippen molar-refractivity contribution in [2.24, 2.45) is 5.41 Å². The van der Waals surface area contributed by atoms with Crippen LogP contribution in [0, 0.1) is 5.41 Å². The van der Waals surface area contributed by atoms with Crippen molar-refractivity contribution in [2.45, 2.75) is 33.2 Å². The lowest BCUT2D eigenvalue weighted by atomic mass is 9.96. The molecule has 1 amide bonds. The van der Waals surface area contributed by atoms with Gasteiger partial charge in [0.15, 0.2) is 0 Å². The summed E-state index contributed by atoms with van der Waals surface area (Å²) >= 11 is 0. The molecular weight excluding hydrogens is 164 g/mol. The van der Waals surface area contributed by atoms with Gasteiger partial charge in [-0.3, -0.25) is 4.79 Å². The highest BCUT2D eigenvalue weighted by Gasteiger charge is 2.29. The molecule has 1 atom stereocenters. The number of rotatable bonds is 2. The first-order chi connectivity index (χ1) is 5.90. The maximum atomic E-state index is 11.5. The predicted molar refractivity (Wildman–Crippen MR) is 53.5 cm³/mol. The summed E-state index contributed by atoms with van der Waals surface area (Å²) < 4.78 is 0. The van der Waals surface area contributed by atoms with Gasteiger partial charge >= 0.3 is 0 Å². The molecule has 0 aromatic heterocycles. The molecule has 0 aliphatic carbocycles. The highest BCUT2D eigenvalue weighted by Crippen LogP contribution is 2.14. The van der Waals surface area contributed by atoms with Crippen LogP contribution in [0.25, 0.3) is 0 Å². The van der Waals surface area contributed by atoms with Gasteiger partial charge in [-0.05, 0) is 11.8 Å². The highest BCUT2D eigenvalue weighted by molar-refractivity contribution is 5.83. The van der Waals surface area contributed by atoms with Crippen LogP contribution in [0.4, 0.5) is 0 Å². The van der Waals surface area contributed by atoms with Crippen LogP contribution < -0.4 is 5.32 Å². The molecule has 76 valence electrons. The molecule has 1 aliphatic rings. The fourth-order valence-corrected chi connectivity index (χ4v) is 1.44.